The molecule has 0 aliphatic rings. The first kappa shape index (κ1) is 18.8. The standard InChI is InChI=1S/C20H26N6O/c1-5-26-15(3)20(14(2)24-26)23-19(27)13-21-12-17-8-6-7-9-18(17)25-11-10-22-16(25)4/h6-11,21H,5,12-13H2,1-4H3,(H,23,27). The molecule has 0 aliphatic heterocycles. The van der Waals surface area contributed by atoms with Crippen molar-refractivity contribution in [3.8, 4) is 5.69 Å². The van der Waals surface area contributed by atoms with Crippen LogP contribution in [0, 0.1) is 20.8 Å². The van der Waals surface area contributed by atoms with Crippen LogP contribution in [-0.2, 0) is 17.9 Å². The number of carbonyl (C=O) groups is 1. The molecule has 0 aliphatic carbocycles. The van der Waals surface area contributed by atoms with E-state index in [9.17, 15) is 4.79 Å². The molecule has 2 aromatic heterocycles. The SMILES string of the molecule is CCn1nc(C)c(NC(=O)CNCc2ccccc2-n2ccnc2C)c1C. The molecule has 142 valence electrons. The lowest BCUT2D eigenvalue weighted by molar-refractivity contribution is -0.115. The molecule has 0 radical (unpaired) electrons. The highest BCUT2D eigenvalue weighted by Gasteiger charge is 2.13. The molecule has 0 spiro atoms. The fourth-order valence-electron chi connectivity index (χ4n) is 3.21. The van der Waals surface area contributed by atoms with Crippen LogP contribution < -0.4 is 10.6 Å². The van der Waals surface area contributed by atoms with Crippen LogP contribution in [0.4, 0.5) is 5.69 Å². The molecule has 2 heterocycles. The number of hydrogen-bond donors (Lipinski definition) is 2. The number of nitrogens with one attached hydrogen (secondary N) is 2. The minimum atomic E-state index is -0.0758. The summed E-state index contributed by atoms with van der Waals surface area (Å²) in [4.78, 5) is 16.6. The number of carbonyl (C=O) groups excluding carboxylic acids is 1. The molecule has 0 saturated heterocycles. The van der Waals surface area contributed by atoms with Gasteiger partial charge in [0.2, 0.25) is 5.91 Å². The molecular formula is C20H26N6O. The average molecular weight is 366 g/mol. The second-order valence-electron chi connectivity index (χ2n) is 6.49. The lowest BCUT2D eigenvalue weighted by Crippen LogP contribution is -2.28. The van der Waals surface area contributed by atoms with Crippen LogP contribution in [0.1, 0.15) is 29.7 Å². The summed E-state index contributed by atoms with van der Waals surface area (Å²) in [5, 5.41) is 10.6. The van der Waals surface area contributed by atoms with Gasteiger partial charge in [0.1, 0.15) is 5.82 Å². The van der Waals surface area contributed by atoms with E-state index in [-0.39, 0.29) is 12.5 Å². The summed E-state index contributed by atoms with van der Waals surface area (Å²) in [6.45, 7) is 9.49. The summed E-state index contributed by atoms with van der Waals surface area (Å²) in [5.74, 6) is 0.854. The van der Waals surface area contributed by atoms with Gasteiger partial charge in [-0.05, 0) is 39.3 Å². The van der Waals surface area contributed by atoms with E-state index in [1.165, 1.54) is 0 Å². The summed E-state index contributed by atoms with van der Waals surface area (Å²) in [5.41, 5.74) is 4.79. The van der Waals surface area contributed by atoms with Crippen LogP contribution in [0.5, 0.6) is 0 Å². The third-order valence-electron chi connectivity index (χ3n) is 4.62. The third kappa shape index (κ3) is 4.09. The van der Waals surface area contributed by atoms with E-state index in [4.69, 9.17) is 0 Å². The Morgan fingerprint density at radius 3 is 2.63 bits per heavy atom. The maximum Gasteiger partial charge on any atom is 0.238 e. The molecule has 7 heteroatoms. The largest absolute Gasteiger partial charge is 0.322 e. The van der Waals surface area contributed by atoms with Gasteiger partial charge in [-0.2, -0.15) is 5.10 Å². The highest BCUT2D eigenvalue weighted by molar-refractivity contribution is 5.93. The Balaban J connectivity index is 1.62. The number of aromatic nitrogens is 4. The van der Waals surface area contributed by atoms with E-state index in [1.54, 1.807) is 6.20 Å². The van der Waals surface area contributed by atoms with Crippen molar-refractivity contribution < 1.29 is 4.79 Å². The number of para-hydroxylation sites is 1. The van der Waals surface area contributed by atoms with Crippen LogP contribution in [0.2, 0.25) is 0 Å². The summed E-state index contributed by atoms with van der Waals surface area (Å²) in [7, 11) is 0. The molecular weight excluding hydrogens is 340 g/mol. The zero-order chi connectivity index (χ0) is 19.4. The van der Waals surface area contributed by atoms with E-state index in [2.05, 4.69) is 32.8 Å². The average Bonchev–Trinajstić information content (AvgIpc) is 3.20. The first-order valence-electron chi connectivity index (χ1n) is 9.14. The Bertz CT molecular complexity index is 940. The highest BCUT2D eigenvalue weighted by atomic mass is 16.1. The first-order chi connectivity index (χ1) is 13.0. The molecule has 0 bridgehead atoms. The second kappa shape index (κ2) is 8.18. The van der Waals surface area contributed by atoms with Gasteiger partial charge in [-0.1, -0.05) is 18.2 Å². The van der Waals surface area contributed by atoms with Crippen molar-refractivity contribution in [1.29, 1.82) is 0 Å². The van der Waals surface area contributed by atoms with Gasteiger partial charge in [0.15, 0.2) is 0 Å². The highest BCUT2D eigenvalue weighted by Crippen LogP contribution is 2.19. The van der Waals surface area contributed by atoms with Crippen molar-refractivity contribution in [3.63, 3.8) is 0 Å². The lowest BCUT2D eigenvalue weighted by atomic mass is 10.1. The molecule has 0 unspecified atom stereocenters. The van der Waals surface area contributed by atoms with Gasteiger partial charge >= 0.3 is 0 Å². The number of anilines is 1. The van der Waals surface area contributed by atoms with Crippen molar-refractivity contribution in [2.75, 3.05) is 11.9 Å². The lowest BCUT2D eigenvalue weighted by Gasteiger charge is -2.13. The number of benzene rings is 1. The van der Waals surface area contributed by atoms with Crippen LogP contribution in [0.15, 0.2) is 36.7 Å². The number of nitrogens with zero attached hydrogens (tertiary/aromatic N) is 4. The smallest absolute Gasteiger partial charge is 0.238 e. The summed E-state index contributed by atoms with van der Waals surface area (Å²) < 4.78 is 3.94. The van der Waals surface area contributed by atoms with Gasteiger partial charge in [-0.25, -0.2) is 4.98 Å². The van der Waals surface area contributed by atoms with Crippen molar-refractivity contribution in [3.05, 3.63) is 59.4 Å². The summed E-state index contributed by atoms with van der Waals surface area (Å²) in [6.07, 6.45) is 3.73. The Hall–Kier alpha value is -2.93. The van der Waals surface area contributed by atoms with Gasteiger partial charge in [0.05, 0.1) is 29.3 Å². The molecule has 0 fully saturated rings. The predicted octanol–water partition coefficient (Wildman–Crippen LogP) is 2.74. The Labute approximate surface area is 159 Å². The fraction of sp³-hybridized carbons (Fsp3) is 0.350. The number of hydrogen-bond acceptors (Lipinski definition) is 4. The topological polar surface area (TPSA) is 76.8 Å². The van der Waals surface area contributed by atoms with Crippen molar-refractivity contribution >= 4 is 11.6 Å². The van der Waals surface area contributed by atoms with Crippen molar-refractivity contribution in [1.82, 2.24) is 24.6 Å². The van der Waals surface area contributed by atoms with E-state index in [1.807, 2.05) is 55.3 Å². The van der Waals surface area contributed by atoms with E-state index in [0.29, 0.717) is 6.54 Å². The maximum atomic E-state index is 12.3. The first-order valence-corrected chi connectivity index (χ1v) is 9.14. The molecule has 27 heavy (non-hydrogen) atoms. The third-order valence-corrected chi connectivity index (χ3v) is 4.62. The Morgan fingerprint density at radius 1 is 1.19 bits per heavy atom. The Kier molecular flexibility index (Phi) is 5.71. The number of aryl methyl sites for hydroxylation is 3. The van der Waals surface area contributed by atoms with E-state index >= 15 is 0 Å². The maximum absolute atomic E-state index is 12.3. The minimum absolute atomic E-state index is 0.0758. The molecule has 3 aromatic rings. The van der Waals surface area contributed by atoms with Gasteiger partial charge < -0.3 is 15.2 Å². The number of imidazole rings is 1. The van der Waals surface area contributed by atoms with Crippen LogP contribution in [-0.4, -0.2) is 31.8 Å². The van der Waals surface area contributed by atoms with Gasteiger partial charge in [-0.15, -0.1) is 0 Å². The zero-order valence-corrected chi connectivity index (χ0v) is 16.3. The monoisotopic (exact) mass is 366 g/mol. The zero-order valence-electron chi connectivity index (χ0n) is 16.3. The normalized spacial score (nSPS) is 11.0. The van der Waals surface area contributed by atoms with E-state index in [0.717, 1.165) is 40.7 Å². The number of rotatable bonds is 7. The molecule has 7 nitrogen and oxygen atoms in total. The molecule has 0 saturated carbocycles. The van der Waals surface area contributed by atoms with Crippen molar-refractivity contribution in [2.24, 2.45) is 0 Å². The van der Waals surface area contributed by atoms with Gasteiger partial charge in [0, 0.05) is 25.5 Å². The van der Waals surface area contributed by atoms with Gasteiger partial charge in [0.25, 0.3) is 0 Å². The van der Waals surface area contributed by atoms with Gasteiger partial charge in [-0.3, -0.25) is 9.48 Å². The summed E-state index contributed by atoms with van der Waals surface area (Å²) in [6, 6.07) is 8.11. The molecule has 2 N–H and O–H groups in total. The van der Waals surface area contributed by atoms with E-state index < -0.39 is 0 Å². The number of amides is 1. The quantitative estimate of drug-likeness (QED) is 0.674. The molecule has 0 atom stereocenters. The predicted molar refractivity (Wildman–Crippen MR) is 106 cm³/mol. The fourth-order valence-corrected chi connectivity index (χ4v) is 3.21. The molecule has 1 amide bonds. The molecule has 3 rings (SSSR count). The van der Waals surface area contributed by atoms with Crippen molar-refractivity contribution in [2.45, 2.75) is 40.8 Å². The van der Waals surface area contributed by atoms with Crippen LogP contribution in [0.3, 0.4) is 0 Å². The second-order valence-corrected chi connectivity index (χ2v) is 6.49. The van der Waals surface area contributed by atoms with Crippen LogP contribution in [0.25, 0.3) is 5.69 Å². The van der Waals surface area contributed by atoms with Crippen LogP contribution >= 0.6 is 0 Å². The Morgan fingerprint density at radius 2 is 1.96 bits per heavy atom. The molecule has 1 aromatic carbocycles. The summed E-state index contributed by atoms with van der Waals surface area (Å²) >= 11 is 0. The minimum Gasteiger partial charge on any atom is -0.322 e.